The normalized spacial score (nSPS) is 11.9. The van der Waals surface area contributed by atoms with Crippen LogP contribution in [0.5, 0.6) is 0 Å². The summed E-state index contributed by atoms with van der Waals surface area (Å²) in [5.74, 6) is -2.08. The molecule has 2 N–H and O–H groups in total. The fourth-order valence-corrected chi connectivity index (χ4v) is 4.17. The van der Waals surface area contributed by atoms with Gasteiger partial charge in [0, 0.05) is 16.6 Å². The summed E-state index contributed by atoms with van der Waals surface area (Å²) in [6.07, 6.45) is 0. The molecule has 0 saturated carbocycles. The molecule has 0 bridgehead atoms. The van der Waals surface area contributed by atoms with Crippen molar-refractivity contribution in [1.29, 1.82) is 0 Å². The number of amides is 1. The van der Waals surface area contributed by atoms with Crippen LogP contribution in [0.15, 0.2) is 24.3 Å². The van der Waals surface area contributed by atoms with Gasteiger partial charge in [0.15, 0.2) is 5.13 Å². The number of carbonyl (C=O) groups is 3. The van der Waals surface area contributed by atoms with E-state index in [1.54, 1.807) is 19.1 Å². The first-order valence-electron chi connectivity index (χ1n) is 8.77. The molecule has 29 heavy (non-hydrogen) atoms. The number of benzene rings is 1. The minimum atomic E-state index is -1.53. The fourth-order valence-electron chi connectivity index (χ4n) is 2.28. The number of esters is 1. The van der Waals surface area contributed by atoms with Gasteiger partial charge in [-0.1, -0.05) is 37.3 Å². The van der Waals surface area contributed by atoms with Crippen LogP contribution in [-0.4, -0.2) is 44.5 Å². The van der Waals surface area contributed by atoms with Gasteiger partial charge in [-0.2, -0.15) is 0 Å². The second kappa shape index (κ2) is 10.3. The van der Waals surface area contributed by atoms with Crippen LogP contribution in [0.1, 0.15) is 45.1 Å². The minimum Gasteiger partial charge on any atom is -0.478 e. The summed E-state index contributed by atoms with van der Waals surface area (Å²) in [5.41, 5.74) is 1.11. The molecule has 1 amide bonds. The van der Waals surface area contributed by atoms with Gasteiger partial charge < -0.3 is 15.2 Å². The highest BCUT2D eigenvalue weighted by Crippen LogP contribution is 2.23. The number of carbonyl (C=O) groups excluding carboxylic acids is 2. The lowest BCUT2D eigenvalue weighted by Gasteiger charge is -2.05. The molecule has 0 aliphatic rings. The van der Waals surface area contributed by atoms with Crippen molar-refractivity contribution in [1.82, 2.24) is 4.98 Å². The predicted octanol–water partition coefficient (Wildman–Crippen LogP) is 2.85. The Morgan fingerprint density at radius 1 is 1.31 bits per heavy atom. The third-order valence-electron chi connectivity index (χ3n) is 3.57. The Balaban J connectivity index is 1.93. The van der Waals surface area contributed by atoms with E-state index in [0.717, 1.165) is 11.3 Å². The number of aromatic nitrogens is 1. The third-order valence-corrected chi connectivity index (χ3v) is 5.86. The minimum absolute atomic E-state index is 0.0538. The molecule has 1 atom stereocenters. The maximum atomic E-state index is 12.2. The Bertz CT molecular complexity index is 939. The number of aromatic carboxylic acids is 1. The second-order valence-electron chi connectivity index (χ2n) is 6.71. The maximum absolute atomic E-state index is 12.2. The Kier molecular flexibility index (Phi) is 8.03. The highest BCUT2D eigenvalue weighted by molar-refractivity contribution is 7.85. The molecule has 0 aliphatic carbocycles. The van der Waals surface area contributed by atoms with E-state index in [2.05, 4.69) is 10.3 Å². The van der Waals surface area contributed by atoms with Crippen molar-refractivity contribution < 1.29 is 28.4 Å². The molecule has 1 unspecified atom stereocenters. The first kappa shape index (κ1) is 22.7. The lowest BCUT2D eigenvalue weighted by atomic mass is 10.1. The SMILES string of the molecule is Cc1nc(NC(=O)CS(=O)Cc2cccc(C(=O)O)c2)sc1C(=O)OCC(C)C. The van der Waals surface area contributed by atoms with Gasteiger partial charge in [0.05, 0.1) is 17.9 Å². The molecule has 0 saturated heterocycles. The molecule has 156 valence electrons. The van der Waals surface area contributed by atoms with E-state index in [1.165, 1.54) is 12.1 Å². The number of aryl methyl sites for hydroxylation is 1. The van der Waals surface area contributed by atoms with Gasteiger partial charge in [-0.05, 0) is 30.5 Å². The average Bonchev–Trinajstić information content (AvgIpc) is 2.99. The van der Waals surface area contributed by atoms with Gasteiger partial charge in [0.25, 0.3) is 0 Å². The predicted molar refractivity (Wildman–Crippen MR) is 111 cm³/mol. The zero-order chi connectivity index (χ0) is 21.6. The number of thiazole rings is 1. The molecule has 0 fully saturated rings. The number of hydrogen-bond acceptors (Lipinski definition) is 7. The largest absolute Gasteiger partial charge is 0.478 e. The summed E-state index contributed by atoms with van der Waals surface area (Å²) in [5, 5.41) is 11.8. The van der Waals surface area contributed by atoms with E-state index in [4.69, 9.17) is 9.84 Å². The first-order chi connectivity index (χ1) is 13.7. The summed E-state index contributed by atoms with van der Waals surface area (Å²) in [6.45, 7) is 5.79. The summed E-state index contributed by atoms with van der Waals surface area (Å²) in [6, 6.07) is 6.09. The first-order valence-corrected chi connectivity index (χ1v) is 11.1. The number of hydrogen-bond donors (Lipinski definition) is 2. The van der Waals surface area contributed by atoms with Crippen molar-refractivity contribution in [2.45, 2.75) is 26.5 Å². The Labute approximate surface area is 174 Å². The van der Waals surface area contributed by atoms with Crippen molar-refractivity contribution in [3.63, 3.8) is 0 Å². The van der Waals surface area contributed by atoms with E-state index >= 15 is 0 Å². The summed E-state index contributed by atoms with van der Waals surface area (Å²) >= 11 is 1.00. The Morgan fingerprint density at radius 3 is 2.69 bits per heavy atom. The van der Waals surface area contributed by atoms with Crippen LogP contribution in [0.25, 0.3) is 0 Å². The molecular weight excluding hydrogens is 416 g/mol. The summed E-state index contributed by atoms with van der Waals surface area (Å²) < 4.78 is 17.4. The van der Waals surface area contributed by atoms with Crippen molar-refractivity contribution in [2.24, 2.45) is 5.92 Å². The molecule has 0 radical (unpaired) electrons. The molecular formula is C19H22N2O6S2. The standard InChI is InChI=1S/C19H22N2O6S2/c1-11(2)8-27-18(25)16-12(3)20-19(28-16)21-15(22)10-29(26)9-13-5-4-6-14(7-13)17(23)24/h4-7,11H,8-10H2,1-3H3,(H,23,24)(H,20,21,22). The number of carboxylic acids is 1. The lowest BCUT2D eigenvalue weighted by Crippen LogP contribution is -2.20. The Hall–Kier alpha value is -2.59. The zero-order valence-electron chi connectivity index (χ0n) is 16.3. The topological polar surface area (TPSA) is 123 Å². The van der Waals surface area contributed by atoms with E-state index in [9.17, 15) is 18.6 Å². The van der Waals surface area contributed by atoms with Crippen LogP contribution in [0.3, 0.4) is 0 Å². The van der Waals surface area contributed by atoms with Gasteiger partial charge in [-0.3, -0.25) is 9.00 Å². The summed E-state index contributed by atoms with van der Waals surface area (Å²) in [4.78, 5) is 39.7. The Morgan fingerprint density at radius 2 is 2.03 bits per heavy atom. The number of anilines is 1. The van der Waals surface area contributed by atoms with Gasteiger partial charge in [-0.25, -0.2) is 14.6 Å². The second-order valence-corrected chi connectivity index (χ2v) is 9.16. The number of ether oxygens (including phenoxy) is 1. The number of nitrogens with zero attached hydrogens (tertiary/aromatic N) is 1. The van der Waals surface area contributed by atoms with Crippen LogP contribution in [-0.2, 0) is 26.1 Å². The van der Waals surface area contributed by atoms with Crippen LogP contribution >= 0.6 is 11.3 Å². The smallest absolute Gasteiger partial charge is 0.350 e. The maximum Gasteiger partial charge on any atom is 0.350 e. The quantitative estimate of drug-likeness (QED) is 0.577. The van der Waals surface area contributed by atoms with E-state index in [-0.39, 0.29) is 28.1 Å². The van der Waals surface area contributed by atoms with Gasteiger partial charge >= 0.3 is 11.9 Å². The molecule has 10 heteroatoms. The van der Waals surface area contributed by atoms with Crippen molar-refractivity contribution in [2.75, 3.05) is 17.7 Å². The summed E-state index contributed by atoms with van der Waals surface area (Å²) in [7, 11) is -1.53. The molecule has 1 aromatic carbocycles. The highest BCUT2D eigenvalue weighted by atomic mass is 32.2. The zero-order valence-corrected chi connectivity index (χ0v) is 17.9. The van der Waals surface area contributed by atoms with Gasteiger partial charge in [0.1, 0.15) is 10.6 Å². The molecule has 2 aromatic rings. The lowest BCUT2D eigenvalue weighted by molar-refractivity contribution is -0.113. The van der Waals surface area contributed by atoms with Crippen molar-refractivity contribution >= 4 is 45.1 Å². The third kappa shape index (κ3) is 7.06. The number of rotatable bonds is 9. The van der Waals surface area contributed by atoms with Crippen LogP contribution in [0.4, 0.5) is 5.13 Å². The number of carboxylic acid groups (broad SMARTS) is 1. The molecule has 0 spiro atoms. The molecule has 1 heterocycles. The van der Waals surface area contributed by atoms with E-state index in [1.807, 2.05) is 13.8 Å². The van der Waals surface area contributed by atoms with Gasteiger partial charge in [-0.15, -0.1) is 0 Å². The highest BCUT2D eigenvalue weighted by Gasteiger charge is 2.19. The molecule has 1 aromatic heterocycles. The van der Waals surface area contributed by atoms with E-state index in [0.29, 0.717) is 22.7 Å². The molecule has 2 rings (SSSR count). The van der Waals surface area contributed by atoms with Gasteiger partial charge in [0.2, 0.25) is 5.91 Å². The van der Waals surface area contributed by atoms with Crippen molar-refractivity contribution in [3.05, 3.63) is 46.0 Å². The fraction of sp³-hybridized carbons (Fsp3) is 0.368. The molecule has 0 aliphatic heterocycles. The van der Waals surface area contributed by atoms with Crippen LogP contribution < -0.4 is 5.32 Å². The van der Waals surface area contributed by atoms with E-state index < -0.39 is 28.6 Å². The van der Waals surface area contributed by atoms with Crippen LogP contribution in [0, 0.1) is 12.8 Å². The molecule has 8 nitrogen and oxygen atoms in total. The number of nitrogens with one attached hydrogen (secondary N) is 1. The monoisotopic (exact) mass is 438 g/mol. The van der Waals surface area contributed by atoms with Crippen molar-refractivity contribution in [3.8, 4) is 0 Å². The van der Waals surface area contributed by atoms with Crippen LogP contribution in [0.2, 0.25) is 0 Å². The average molecular weight is 439 g/mol.